The molecule has 1 fully saturated rings. The molecule has 9 nitrogen and oxygen atoms in total. The molecule has 3 heterocycles. The number of hydrogen-bond acceptors (Lipinski definition) is 6. The summed E-state index contributed by atoms with van der Waals surface area (Å²) >= 11 is 0. The Kier molecular flexibility index (Phi) is 4.95. The zero-order valence-corrected chi connectivity index (χ0v) is 14.1. The van der Waals surface area contributed by atoms with Crippen LogP contribution in [0.15, 0.2) is 12.3 Å². The van der Waals surface area contributed by atoms with Gasteiger partial charge in [-0.2, -0.15) is 5.10 Å². The highest BCUT2D eigenvalue weighted by Crippen LogP contribution is 2.15. The van der Waals surface area contributed by atoms with E-state index in [-0.39, 0.29) is 12.5 Å². The van der Waals surface area contributed by atoms with E-state index in [4.69, 9.17) is 14.6 Å². The topological polar surface area (TPSA) is 115 Å². The van der Waals surface area contributed by atoms with Crippen LogP contribution in [0.2, 0.25) is 0 Å². The molecule has 1 saturated heterocycles. The third-order valence-corrected chi connectivity index (χ3v) is 4.05. The fourth-order valence-corrected chi connectivity index (χ4v) is 2.91. The predicted octanol–water partition coefficient (Wildman–Crippen LogP) is 0.335. The van der Waals surface area contributed by atoms with Crippen LogP contribution in [0.3, 0.4) is 0 Å². The Bertz CT molecular complexity index is 803. The van der Waals surface area contributed by atoms with Gasteiger partial charge in [-0.05, 0) is 26.3 Å². The molecule has 0 unspecified atom stereocenters. The second-order valence-corrected chi connectivity index (χ2v) is 6.02. The largest absolute Gasteiger partial charge is 0.480 e. The maximum absolute atomic E-state index is 12.7. The number of aromatic nitrogens is 3. The van der Waals surface area contributed by atoms with Gasteiger partial charge >= 0.3 is 5.97 Å². The average Bonchev–Trinajstić information content (AvgIpc) is 2.98. The van der Waals surface area contributed by atoms with E-state index in [1.807, 2.05) is 19.9 Å². The van der Waals surface area contributed by atoms with Gasteiger partial charge in [0, 0.05) is 18.0 Å². The minimum Gasteiger partial charge on any atom is -0.480 e. The number of carbonyl (C=O) groups is 2. The van der Waals surface area contributed by atoms with E-state index in [0.717, 1.165) is 11.4 Å². The number of nitrogens with one attached hydrogen (secondary N) is 1. The lowest BCUT2D eigenvalue weighted by Crippen LogP contribution is -2.51. The van der Waals surface area contributed by atoms with Crippen LogP contribution in [0, 0.1) is 13.8 Å². The number of rotatable bonds is 5. The molecule has 0 saturated carbocycles. The summed E-state index contributed by atoms with van der Waals surface area (Å²) in [6, 6.07) is 1.45. The molecule has 0 bridgehead atoms. The molecule has 2 aromatic heterocycles. The van der Waals surface area contributed by atoms with Crippen molar-refractivity contribution in [3.8, 4) is 0 Å². The van der Waals surface area contributed by atoms with Gasteiger partial charge in [0.25, 0.3) is 5.91 Å². The van der Waals surface area contributed by atoms with Gasteiger partial charge in [-0.25, -0.2) is 14.3 Å². The third kappa shape index (κ3) is 3.77. The average molecular weight is 348 g/mol. The maximum Gasteiger partial charge on any atom is 0.329 e. The molecule has 25 heavy (non-hydrogen) atoms. The summed E-state index contributed by atoms with van der Waals surface area (Å²) in [6.07, 6.45) is 1.58. The van der Waals surface area contributed by atoms with Gasteiger partial charge < -0.3 is 19.9 Å². The van der Waals surface area contributed by atoms with E-state index < -0.39 is 24.7 Å². The van der Waals surface area contributed by atoms with Gasteiger partial charge in [-0.15, -0.1) is 0 Å². The lowest BCUT2D eigenvalue weighted by molar-refractivity contribution is -0.147. The zero-order valence-electron chi connectivity index (χ0n) is 14.1. The molecule has 1 aliphatic heterocycles. The Morgan fingerprint density at radius 1 is 1.48 bits per heavy atom. The first-order valence-corrected chi connectivity index (χ1v) is 7.99. The molecule has 1 amide bonds. The number of aryl methyl sites for hydroxylation is 2. The molecular weight excluding hydrogens is 328 g/mol. The van der Waals surface area contributed by atoms with Gasteiger partial charge in [-0.1, -0.05) is 0 Å². The fourth-order valence-electron chi connectivity index (χ4n) is 2.91. The second kappa shape index (κ2) is 7.16. The minimum absolute atomic E-state index is 0.265. The molecular formula is C16H20N4O5. The summed E-state index contributed by atoms with van der Waals surface area (Å²) in [7, 11) is 0. The molecule has 2 atom stereocenters. The zero-order chi connectivity index (χ0) is 18.0. The molecule has 3 rings (SSSR count). The summed E-state index contributed by atoms with van der Waals surface area (Å²) in [4.78, 5) is 27.8. The lowest BCUT2D eigenvalue weighted by Gasteiger charge is -2.31. The number of amides is 1. The third-order valence-electron chi connectivity index (χ3n) is 4.05. The summed E-state index contributed by atoms with van der Waals surface area (Å²) in [6.45, 7) is 4.06. The summed E-state index contributed by atoms with van der Waals surface area (Å²) in [5, 5.41) is 15.8. The highest BCUT2D eigenvalue weighted by atomic mass is 16.5. The van der Waals surface area contributed by atoms with Crippen molar-refractivity contribution in [2.24, 2.45) is 0 Å². The first kappa shape index (κ1) is 17.3. The number of carbonyl (C=O) groups excluding carboxylic acids is 1. The molecule has 1 aliphatic rings. The van der Waals surface area contributed by atoms with Crippen LogP contribution in [-0.4, -0.2) is 63.5 Å². The van der Waals surface area contributed by atoms with E-state index in [1.54, 1.807) is 4.52 Å². The van der Waals surface area contributed by atoms with E-state index in [9.17, 15) is 9.59 Å². The monoisotopic (exact) mass is 348 g/mol. The van der Waals surface area contributed by atoms with Gasteiger partial charge in [0.1, 0.15) is 12.2 Å². The van der Waals surface area contributed by atoms with Gasteiger partial charge in [0.15, 0.2) is 5.65 Å². The molecule has 0 radical (unpaired) electrons. The smallest absolute Gasteiger partial charge is 0.329 e. The van der Waals surface area contributed by atoms with Crippen LogP contribution in [0.1, 0.15) is 28.2 Å². The van der Waals surface area contributed by atoms with E-state index in [2.05, 4.69) is 15.4 Å². The van der Waals surface area contributed by atoms with E-state index in [0.29, 0.717) is 24.2 Å². The Morgan fingerprint density at radius 3 is 3.04 bits per heavy atom. The van der Waals surface area contributed by atoms with Gasteiger partial charge in [0.2, 0.25) is 0 Å². The molecule has 2 aromatic rings. The van der Waals surface area contributed by atoms with Crippen LogP contribution < -0.4 is 5.32 Å². The number of ether oxygens (including phenoxy) is 2. The molecule has 9 heteroatoms. The SMILES string of the molecule is Cc1cc(C)n2ncc(C(=O)N[C@@H]3COCC[C@@H]3OCC(=O)O)c2n1. The van der Waals surface area contributed by atoms with Crippen molar-refractivity contribution in [1.29, 1.82) is 0 Å². The minimum atomic E-state index is -1.05. The standard InChI is InChI=1S/C16H20N4O5/c1-9-5-10(2)20-15(18-9)11(6-17-20)16(23)19-12-7-24-4-3-13(12)25-8-14(21)22/h5-6,12-13H,3-4,7-8H2,1-2H3,(H,19,23)(H,21,22)/t12-,13+/m1/s1. The quantitative estimate of drug-likeness (QED) is 0.800. The van der Waals surface area contributed by atoms with Crippen molar-refractivity contribution < 1.29 is 24.2 Å². The number of hydrogen-bond donors (Lipinski definition) is 2. The maximum atomic E-state index is 12.7. The number of fused-ring (bicyclic) bond motifs is 1. The van der Waals surface area contributed by atoms with Gasteiger partial charge in [-0.3, -0.25) is 4.79 Å². The summed E-state index contributed by atoms with van der Waals surface area (Å²) < 4.78 is 12.4. The van der Waals surface area contributed by atoms with Crippen molar-refractivity contribution in [1.82, 2.24) is 19.9 Å². The number of aliphatic carboxylic acids is 1. The van der Waals surface area contributed by atoms with Crippen molar-refractivity contribution in [2.45, 2.75) is 32.4 Å². The Morgan fingerprint density at radius 2 is 2.28 bits per heavy atom. The number of nitrogens with zero attached hydrogens (tertiary/aromatic N) is 3. The normalized spacial score (nSPS) is 20.6. The van der Waals surface area contributed by atoms with Crippen molar-refractivity contribution in [3.05, 3.63) is 29.2 Å². The number of carboxylic acid groups (broad SMARTS) is 1. The highest BCUT2D eigenvalue weighted by Gasteiger charge is 2.29. The van der Waals surface area contributed by atoms with Crippen LogP contribution in [0.5, 0.6) is 0 Å². The Balaban J connectivity index is 1.77. The first-order chi connectivity index (χ1) is 12.0. The molecule has 2 N–H and O–H groups in total. The second-order valence-electron chi connectivity index (χ2n) is 6.02. The Labute approximate surface area is 143 Å². The Hall–Kier alpha value is -2.52. The molecule has 0 spiro atoms. The van der Waals surface area contributed by atoms with Crippen molar-refractivity contribution in [3.63, 3.8) is 0 Å². The van der Waals surface area contributed by atoms with Crippen molar-refractivity contribution in [2.75, 3.05) is 19.8 Å². The summed E-state index contributed by atoms with van der Waals surface area (Å²) in [5.41, 5.74) is 2.51. The van der Waals surface area contributed by atoms with Crippen molar-refractivity contribution >= 4 is 17.5 Å². The van der Waals surface area contributed by atoms with Crippen LogP contribution in [0.4, 0.5) is 0 Å². The van der Waals surface area contributed by atoms with Gasteiger partial charge in [0.05, 0.1) is 24.9 Å². The van der Waals surface area contributed by atoms with Crippen LogP contribution >= 0.6 is 0 Å². The summed E-state index contributed by atoms with van der Waals surface area (Å²) in [5.74, 6) is -1.39. The van der Waals surface area contributed by atoms with E-state index >= 15 is 0 Å². The first-order valence-electron chi connectivity index (χ1n) is 7.99. The highest BCUT2D eigenvalue weighted by molar-refractivity contribution is 5.99. The molecule has 0 aliphatic carbocycles. The predicted molar refractivity (Wildman–Crippen MR) is 86.5 cm³/mol. The van der Waals surface area contributed by atoms with E-state index in [1.165, 1.54) is 6.20 Å². The molecule has 134 valence electrons. The lowest BCUT2D eigenvalue weighted by atomic mass is 10.1. The molecule has 0 aromatic carbocycles. The fraction of sp³-hybridized carbons (Fsp3) is 0.500. The van der Waals surface area contributed by atoms with Crippen LogP contribution in [0.25, 0.3) is 5.65 Å². The van der Waals surface area contributed by atoms with Crippen LogP contribution in [-0.2, 0) is 14.3 Å². The number of carboxylic acids is 1.